The first-order chi connectivity index (χ1) is 12.1. The Morgan fingerprint density at radius 3 is 2.42 bits per heavy atom. The molecule has 2 aromatic rings. The molecule has 140 valence electrons. The van der Waals surface area contributed by atoms with E-state index in [4.69, 9.17) is 10.5 Å². The Kier molecular flexibility index (Phi) is 9.01. The maximum atomic E-state index is 12.1. The van der Waals surface area contributed by atoms with Crippen LogP contribution in [0.3, 0.4) is 0 Å². The van der Waals surface area contributed by atoms with Crippen LogP contribution >= 0.6 is 12.4 Å². The van der Waals surface area contributed by atoms with Gasteiger partial charge in [-0.2, -0.15) is 0 Å². The van der Waals surface area contributed by atoms with Crippen molar-refractivity contribution in [3.05, 3.63) is 59.7 Å². The summed E-state index contributed by atoms with van der Waals surface area (Å²) in [6.45, 7) is 0.842. The number of hydrogen-bond donors (Lipinski definition) is 2. The average Bonchev–Trinajstić information content (AvgIpc) is 2.64. The van der Waals surface area contributed by atoms with E-state index >= 15 is 0 Å². The molecule has 0 aliphatic rings. The van der Waals surface area contributed by atoms with E-state index in [1.807, 2.05) is 24.3 Å². The molecule has 2 aromatic carbocycles. The zero-order valence-corrected chi connectivity index (χ0v) is 15.4. The number of ether oxygens (including phenoxy) is 2. The summed E-state index contributed by atoms with van der Waals surface area (Å²) in [6, 6.07) is 14.4. The SMILES string of the molecule is COC(=O)CCCOc1ccc(CNC(=O)c2ccccc2N)cc1.Cl. The van der Waals surface area contributed by atoms with Gasteiger partial charge in [0.15, 0.2) is 0 Å². The molecule has 1 amide bonds. The van der Waals surface area contributed by atoms with Crippen LogP contribution in [-0.2, 0) is 16.1 Å². The highest BCUT2D eigenvalue weighted by atomic mass is 35.5. The van der Waals surface area contributed by atoms with Crippen molar-refractivity contribution in [2.75, 3.05) is 19.5 Å². The van der Waals surface area contributed by atoms with Crippen LogP contribution in [0.5, 0.6) is 5.75 Å². The molecule has 0 bridgehead atoms. The molecular formula is C19H23ClN2O4. The number of anilines is 1. The van der Waals surface area contributed by atoms with E-state index in [0.29, 0.717) is 43.0 Å². The minimum absolute atomic E-state index is 0. The van der Waals surface area contributed by atoms with Gasteiger partial charge < -0.3 is 20.5 Å². The van der Waals surface area contributed by atoms with Gasteiger partial charge >= 0.3 is 5.97 Å². The predicted molar refractivity (Wildman–Crippen MR) is 102 cm³/mol. The van der Waals surface area contributed by atoms with E-state index in [1.165, 1.54) is 7.11 Å². The highest BCUT2D eigenvalue weighted by Gasteiger charge is 2.08. The van der Waals surface area contributed by atoms with Gasteiger partial charge in [-0.3, -0.25) is 9.59 Å². The molecule has 0 heterocycles. The molecule has 0 saturated heterocycles. The first kappa shape index (κ1) is 21.3. The first-order valence-corrected chi connectivity index (χ1v) is 8.01. The fraction of sp³-hybridized carbons (Fsp3) is 0.263. The van der Waals surface area contributed by atoms with Crippen LogP contribution in [0.1, 0.15) is 28.8 Å². The zero-order valence-electron chi connectivity index (χ0n) is 14.6. The van der Waals surface area contributed by atoms with E-state index in [0.717, 1.165) is 5.56 Å². The number of esters is 1. The maximum absolute atomic E-state index is 12.1. The normalized spacial score (nSPS) is 9.73. The topological polar surface area (TPSA) is 90.6 Å². The maximum Gasteiger partial charge on any atom is 0.305 e. The monoisotopic (exact) mass is 378 g/mol. The second-order valence-corrected chi connectivity index (χ2v) is 5.44. The quantitative estimate of drug-likeness (QED) is 0.418. The zero-order chi connectivity index (χ0) is 18.1. The Bertz CT molecular complexity index is 720. The molecule has 6 nitrogen and oxygen atoms in total. The number of methoxy groups -OCH3 is 1. The van der Waals surface area contributed by atoms with Gasteiger partial charge in [0, 0.05) is 18.7 Å². The van der Waals surface area contributed by atoms with Crippen molar-refractivity contribution >= 4 is 30.0 Å². The predicted octanol–water partition coefficient (Wildman–Crippen LogP) is 2.95. The van der Waals surface area contributed by atoms with Crippen LogP contribution in [-0.4, -0.2) is 25.6 Å². The summed E-state index contributed by atoms with van der Waals surface area (Å²) in [5, 5.41) is 2.84. The van der Waals surface area contributed by atoms with Crippen molar-refractivity contribution in [1.29, 1.82) is 0 Å². The summed E-state index contributed by atoms with van der Waals surface area (Å²) < 4.78 is 10.1. The Hall–Kier alpha value is -2.73. The highest BCUT2D eigenvalue weighted by molar-refractivity contribution is 5.98. The van der Waals surface area contributed by atoms with Gasteiger partial charge in [-0.15, -0.1) is 12.4 Å². The van der Waals surface area contributed by atoms with Gasteiger partial charge in [-0.05, 0) is 36.2 Å². The second-order valence-electron chi connectivity index (χ2n) is 5.44. The third-order valence-electron chi connectivity index (χ3n) is 3.60. The minimum Gasteiger partial charge on any atom is -0.494 e. The fourth-order valence-corrected chi connectivity index (χ4v) is 2.19. The number of hydrogen-bond acceptors (Lipinski definition) is 5. The molecule has 26 heavy (non-hydrogen) atoms. The van der Waals surface area contributed by atoms with E-state index in [9.17, 15) is 9.59 Å². The Balaban J connectivity index is 0.00000338. The number of carbonyl (C=O) groups is 2. The van der Waals surface area contributed by atoms with Crippen molar-refractivity contribution in [2.45, 2.75) is 19.4 Å². The largest absolute Gasteiger partial charge is 0.494 e. The molecule has 0 aliphatic carbocycles. The number of benzene rings is 2. The summed E-state index contributed by atoms with van der Waals surface area (Å²) in [5.41, 5.74) is 7.66. The van der Waals surface area contributed by atoms with E-state index < -0.39 is 0 Å². The van der Waals surface area contributed by atoms with Gasteiger partial charge in [0.1, 0.15) is 5.75 Å². The lowest BCUT2D eigenvalue weighted by atomic mass is 10.1. The van der Waals surface area contributed by atoms with Gasteiger partial charge in [-0.25, -0.2) is 0 Å². The number of para-hydroxylation sites is 1. The summed E-state index contributed by atoms with van der Waals surface area (Å²) in [6.07, 6.45) is 0.937. The average molecular weight is 379 g/mol. The number of amides is 1. The third kappa shape index (κ3) is 6.64. The smallest absolute Gasteiger partial charge is 0.305 e. The van der Waals surface area contributed by atoms with Gasteiger partial charge in [-0.1, -0.05) is 24.3 Å². The van der Waals surface area contributed by atoms with Crippen LogP contribution in [0, 0.1) is 0 Å². The molecule has 0 aliphatic heterocycles. The second kappa shape index (κ2) is 11.0. The van der Waals surface area contributed by atoms with Crippen molar-refractivity contribution < 1.29 is 19.1 Å². The van der Waals surface area contributed by atoms with Crippen molar-refractivity contribution in [3.8, 4) is 5.75 Å². The third-order valence-corrected chi connectivity index (χ3v) is 3.60. The van der Waals surface area contributed by atoms with Crippen molar-refractivity contribution in [3.63, 3.8) is 0 Å². The van der Waals surface area contributed by atoms with Crippen LogP contribution in [0.15, 0.2) is 48.5 Å². The number of nitrogens with one attached hydrogen (secondary N) is 1. The lowest BCUT2D eigenvalue weighted by Crippen LogP contribution is -2.23. The fourth-order valence-electron chi connectivity index (χ4n) is 2.19. The number of nitrogens with two attached hydrogens (primary N) is 1. The molecule has 0 fully saturated rings. The molecular weight excluding hydrogens is 356 g/mol. The Morgan fingerprint density at radius 1 is 1.08 bits per heavy atom. The Labute approximate surface area is 159 Å². The minimum atomic E-state index is -0.242. The standard InChI is InChI=1S/C19H22N2O4.ClH/c1-24-18(22)7-4-12-25-15-10-8-14(9-11-15)13-21-19(23)16-5-2-3-6-17(16)20;/h2-3,5-6,8-11H,4,7,12-13,20H2,1H3,(H,21,23);1H. The number of carbonyl (C=O) groups excluding carboxylic acids is 2. The van der Waals surface area contributed by atoms with Crippen molar-refractivity contribution in [2.24, 2.45) is 0 Å². The molecule has 0 atom stereocenters. The van der Waals surface area contributed by atoms with Gasteiger partial charge in [0.05, 0.1) is 19.3 Å². The highest BCUT2D eigenvalue weighted by Crippen LogP contribution is 2.14. The van der Waals surface area contributed by atoms with Crippen LogP contribution in [0.2, 0.25) is 0 Å². The van der Waals surface area contributed by atoms with Crippen LogP contribution in [0.4, 0.5) is 5.69 Å². The molecule has 0 unspecified atom stereocenters. The van der Waals surface area contributed by atoms with E-state index in [1.54, 1.807) is 24.3 Å². The van der Waals surface area contributed by atoms with E-state index in [-0.39, 0.29) is 24.3 Å². The number of nitrogen functional groups attached to an aromatic ring is 1. The molecule has 3 N–H and O–H groups in total. The molecule has 7 heteroatoms. The van der Waals surface area contributed by atoms with Crippen LogP contribution in [0.25, 0.3) is 0 Å². The molecule has 0 radical (unpaired) electrons. The molecule has 0 aromatic heterocycles. The molecule has 2 rings (SSSR count). The number of rotatable bonds is 8. The van der Waals surface area contributed by atoms with Crippen molar-refractivity contribution in [1.82, 2.24) is 5.32 Å². The van der Waals surface area contributed by atoms with Gasteiger partial charge in [0.2, 0.25) is 0 Å². The van der Waals surface area contributed by atoms with Gasteiger partial charge in [0.25, 0.3) is 5.91 Å². The van der Waals surface area contributed by atoms with Crippen LogP contribution < -0.4 is 15.8 Å². The first-order valence-electron chi connectivity index (χ1n) is 8.01. The lowest BCUT2D eigenvalue weighted by molar-refractivity contribution is -0.140. The lowest BCUT2D eigenvalue weighted by Gasteiger charge is -2.09. The summed E-state index contributed by atoms with van der Waals surface area (Å²) in [7, 11) is 1.37. The summed E-state index contributed by atoms with van der Waals surface area (Å²) >= 11 is 0. The van der Waals surface area contributed by atoms with E-state index in [2.05, 4.69) is 10.1 Å². The molecule has 0 spiro atoms. The summed E-state index contributed by atoms with van der Waals surface area (Å²) in [5.74, 6) is 0.266. The summed E-state index contributed by atoms with van der Waals surface area (Å²) in [4.78, 5) is 23.1. The Morgan fingerprint density at radius 2 is 1.77 bits per heavy atom. The molecule has 0 saturated carbocycles. The number of halogens is 1.